The zero-order valence-corrected chi connectivity index (χ0v) is 12.7. The van der Waals surface area contributed by atoms with Crippen molar-refractivity contribution < 1.29 is 9.53 Å². The van der Waals surface area contributed by atoms with Gasteiger partial charge in [-0.2, -0.15) is 0 Å². The van der Waals surface area contributed by atoms with Gasteiger partial charge < -0.3 is 15.0 Å². The van der Waals surface area contributed by atoms with Crippen molar-refractivity contribution in [2.24, 2.45) is 0 Å². The summed E-state index contributed by atoms with van der Waals surface area (Å²) in [6.45, 7) is 2.32. The summed E-state index contributed by atoms with van der Waals surface area (Å²) in [5.74, 6) is 0.472. The van der Waals surface area contributed by atoms with Gasteiger partial charge in [0.1, 0.15) is 12.3 Å². The minimum atomic E-state index is -0.0445. The van der Waals surface area contributed by atoms with Gasteiger partial charge in [0.2, 0.25) is 5.88 Å². The van der Waals surface area contributed by atoms with Crippen LogP contribution in [0, 0.1) is 0 Å². The van der Waals surface area contributed by atoms with Gasteiger partial charge in [0.25, 0.3) is 0 Å². The van der Waals surface area contributed by atoms with Crippen molar-refractivity contribution >= 4 is 18.2 Å². The molecular formula is C17H18N4O2. The molecule has 23 heavy (non-hydrogen) atoms. The highest BCUT2D eigenvalue weighted by atomic mass is 16.5. The molecule has 6 nitrogen and oxygen atoms in total. The van der Waals surface area contributed by atoms with E-state index in [1.165, 1.54) is 0 Å². The smallest absolute Gasteiger partial charge is 0.317 e. The topological polar surface area (TPSA) is 67.4 Å². The quantitative estimate of drug-likeness (QED) is 0.887. The first-order valence-electron chi connectivity index (χ1n) is 7.52. The molecule has 0 unspecified atom stereocenters. The maximum absolute atomic E-state index is 11.5. The van der Waals surface area contributed by atoms with Crippen LogP contribution in [-0.4, -0.2) is 47.1 Å². The van der Waals surface area contributed by atoms with Crippen molar-refractivity contribution in [2.75, 3.05) is 26.2 Å². The average molecular weight is 310 g/mol. The van der Waals surface area contributed by atoms with Crippen molar-refractivity contribution in [1.82, 2.24) is 20.2 Å². The van der Waals surface area contributed by atoms with Crippen molar-refractivity contribution in [3.8, 4) is 5.88 Å². The number of nitrogens with zero attached hydrogens (tertiary/aromatic N) is 3. The third-order valence-corrected chi connectivity index (χ3v) is 3.47. The largest absolute Gasteiger partial charge is 0.474 e. The minimum Gasteiger partial charge on any atom is -0.474 e. The second kappa shape index (κ2) is 7.40. The van der Waals surface area contributed by atoms with Gasteiger partial charge in [0.05, 0.1) is 6.54 Å². The van der Waals surface area contributed by atoms with E-state index in [4.69, 9.17) is 4.74 Å². The highest BCUT2D eigenvalue weighted by Gasteiger charge is 2.18. The van der Waals surface area contributed by atoms with E-state index in [-0.39, 0.29) is 6.03 Å². The molecule has 0 radical (unpaired) electrons. The predicted octanol–water partition coefficient (Wildman–Crippen LogP) is 2.05. The standard InChI is InChI=1S/C17H18N4O2/c22-17-20-10-11-21(17)12-13-23-16-15(18-8-9-19-16)7-6-14-4-2-1-3-5-14/h1-9H,10-13H2,(H,20,22)/b7-6+. The van der Waals surface area contributed by atoms with Crippen LogP contribution in [0.4, 0.5) is 4.79 Å². The first-order chi connectivity index (χ1) is 11.3. The summed E-state index contributed by atoms with van der Waals surface area (Å²) in [4.78, 5) is 21.7. The second-order valence-corrected chi connectivity index (χ2v) is 5.06. The Morgan fingerprint density at radius 1 is 1.17 bits per heavy atom. The first kappa shape index (κ1) is 15.0. The number of rotatable bonds is 6. The lowest BCUT2D eigenvalue weighted by atomic mass is 10.2. The van der Waals surface area contributed by atoms with Gasteiger partial charge >= 0.3 is 6.03 Å². The molecule has 1 aromatic heterocycles. The van der Waals surface area contributed by atoms with Crippen LogP contribution in [0.1, 0.15) is 11.3 Å². The molecule has 3 rings (SSSR count). The number of hydrogen-bond acceptors (Lipinski definition) is 4. The summed E-state index contributed by atoms with van der Waals surface area (Å²) >= 11 is 0. The molecule has 1 aliphatic heterocycles. The number of amides is 2. The lowest BCUT2D eigenvalue weighted by Gasteiger charge is -2.14. The van der Waals surface area contributed by atoms with E-state index in [1.54, 1.807) is 17.3 Å². The molecule has 0 bridgehead atoms. The van der Waals surface area contributed by atoms with Crippen LogP contribution in [0.5, 0.6) is 5.88 Å². The van der Waals surface area contributed by atoms with Crippen LogP contribution >= 0.6 is 0 Å². The van der Waals surface area contributed by atoms with Gasteiger partial charge in [-0.05, 0) is 11.6 Å². The van der Waals surface area contributed by atoms with Crippen molar-refractivity contribution in [3.05, 3.63) is 54.0 Å². The van der Waals surface area contributed by atoms with Crippen LogP contribution in [-0.2, 0) is 0 Å². The fourth-order valence-corrected chi connectivity index (χ4v) is 2.28. The van der Waals surface area contributed by atoms with Gasteiger partial charge in [-0.15, -0.1) is 0 Å². The molecule has 0 spiro atoms. The van der Waals surface area contributed by atoms with Crippen molar-refractivity contribution in [2.45, 2.75) is 0 Å². The maximum atomic E-state index is 11.5. The molecule has 0 saturated carbocycles. The Bertz CT molecular complexity index is 688. The number of ether oxygens (including phenoxy) is 1. The molecule has 118 valence electrons. The summed E-state index contributed by atoms with van der Waals surface area (Å²) < 4.78 is 5.69. The number of carbonyl (C=O) groups excluding carboxylic acids is 1. The second-order valence-electron chi connectivity index (χ2n) is 5.06. The summed E-state index contributed by atoms with van der Waals surface area (Å²) in [5.41, 5.74) is 1.75. The molecule has 1 fully saturated rings. The summed E-state index contributed by atoms with van der Waals surface area (Å²) in [6.07, 6.45) is 7.06. The normalized spacial score (nSPS) is 14.3. The lowest BCUT2D eigenvalue weighted by molar-refractivity contribution is 0.201. The van der Waals surface area contributed by atoms with Crippen LogP contribution < -0.4 is 10.1 Å². The van der Waals surface area contributed by atoms with Crippen LogP contribution in [0.15, 0.2) is 42.7 Å². The molecule has 1 N–H and O–H groups in total. The predicted molar refractivity (Wildman–Crippen MR) is 87.9 cm³/mol. The van der Waals surface area contributed by atoms with E-state index in [9.17, 15) is 4.79 Å². The fraction of sp³-hybridized carbons (Fsp3) is 0.235. The van der Waals surface area contributed by atoms with Gasteiger partial charge in [0.15, 0.2) is 0 Å². The zero-order chi connectivity index (χ0) is 15.9. The number of nitrogens with one attached hydrogen (secondary N) is 1. The van der Waals surface area contributed by atoms with Crippen molar-refractivity contribution in [3.63, 3.8) is 0 Å². The summed E-state index contributed by atoms with van der Waals surface area (Å²) in [6, 6.07) is 9.92. The fourth-order valence-electron chi connectivity index (χ4n) is 2.28. The monoisotopic (exact) mass is 310 g/mol. The molecule has 1 saturated heterocycles. The Hall–Kier alpha value is -2.89. The number of benzene rings is 1. The number of aromatic nitrogens is 2. The lowest BCUT2D eigenvalue weighted by Crippen LogP contribution is -2.32. The van der Waals surface area contributed by atoms with Crippen molar-refractivity contribution in [1.29, 1.82) is 0 Å². The van der Waals surface area contributed by atoms with Gasteiger partial charge in [-0.3, -0.25) is 0 Å². The highest BCUT2D eigenvalue weighted by molar-refractivity contribution is 5.76. The minimum absolute atomic E-state index is 0.0445. The van der Waals surface area contributed by atoms with Crippen LogP contribution in [0.25, 0.3) is 12.2 Å². The van der Waals surface area contributed by atoms with E-state index < -0.39 is 0 Å². The molecule has 0 aliphatic carbocycles. The third kappa shape index (κ3) is 4.06. The summed E-state index contributed by atoms with van der Waals surface area (Å²) in [5, 5.41) is 2.76. The Kier molecular flexibility index (Phi) is 4.83. The number of carbonyl (C=O) groups is 1. The van der Waals surface area contributed by atoms with E-state index in [1.807, 2.05) is 42.5 Å². The Labute approximate surface area is 134 Å². The third-order valence-electron chi connectivity index (χ3n) is 3.47. The van der Waals surface area contributed by atoms with E-state index in [0.717, 1.165) is 5.56 Å². The SMILES string of the molecule is O=C1NCCN1CCOc1nccnc1/C=C/c1ccccc1. The molecule has 1 aromatic carbocycles. The van der Waals surface area contributed by atoms with Gasteiger partial charge in [0, 0.05) is 25.5 Å². The van der Waals surface area contributed by atoms with E-state index >= 15 is 0 Å². The zero-order valence-electron chi connectivity index (χ0n) is 12.7. The Morgan fingerprint density at radius 2 is 2.00 bits per heavy atom. The Morgan fingerprint density at radius 3 is 2.78 bits per heavy atom. The summed E-state index contributed by atoms with van der Waals surface area (Å²) in [7, 11) is 0. The molecule has 2 amide bonds. The highest BCUT2D eigenvalue weighted by Crippen LogP contribution is 2.15. The molecule has 1 aliphatic rings. The number of hydrogen-bond donors (Lipinski definition) is 1. The molecule has 6 heteroatoms. The van der Waals surface area contributed by atoms with Crippen LogP contribution in [0.2, 0.25) is 0 Å². The maximum Gasteiger partial charge on any atom is 0.317 e. The first-order valence-corrected chi connectivity index (χ1v) is 7.52. The van der Waals surface area contributed by atoms with Gasteiger partial charge in [-0.25, -0.2) is 14.8 Å². The molecular weight excluding hydrogens is 292 g/mol. The van der Waals surface area contributed by atoms with E-state index in [0.29, 0.717) is 37.8 Å². The van der Waals surface area contributed by atoms with E-state index in [2.05, 4.69) is 15.3 Å². The number of urea groups is 1. The van der Waals surface area contributed by atoms with Gasteiger partial charge in [-0.1, -0.05) is 36.4 Å². The van der Waals surface area contributed by atoms with Crippen LogP contribution in [0.3, 0.4) is 0 Å². The Balaban J connectivity index is 1.61. The average Bonchev–Trinajstić information content (AvgIpc) is 3.00. The molecule has 0 atom stereocenters. The molecule has 2 aromatic rings. The molecule has 2 heterocycles.